The molecule has 0 bridgehead atoms. The van der Waals surface area contributed by atoms with Crippen molar-refractivity contribution in [3.8, 4) is 0 Å². The molecule has 0 radical (unpaired) electrons. The number of aromatic nitrogens is 1. The van der Waals surface area contributed by atoms with Crippen molar-refractivity contribution in [2.75, 3.05) is 13.1 Å². The van der Waals surface area contributed by atoms with Crippen LogP contribution in [0.3, 0.4) is 0 Å². The Morgan fingerprint density at radius 2 is 1.73 bits per heavy atom. The van der Waals surface area contributed by atoms with Crippen LogP contribution in [0.4, 0.5) is 0 Å². The first-order valence-electron chi connectivity index (χ1n) is 14.0. The number of benzene rings is 1. The number of amides is 1. The Kier molecular flexibility index (Phi) is 5.75. The monoisotopic (exact) mass is 524 g/mol. The molecule has 7 rings (SSSR count). The summed E-state index contributed by atoms with van der Waals surface area (Å²) >= 11 is 0. The molecule has 2 aromatic rings. The van der Waals surface area contributed by atoms with Gasteiger partial charge in [0.2, 0.25) is 10.0 Å². The predicted octanol–water partition coefficient (Wildman–Crippen LogP) is 3.42. The van der Waals surface area contributed by atoms with Crippen LogP contribution in [0.2, 0.25) is 0 Å². The van der Waals surface area contributed by atoms with E-state index in [9.17, 15) is 13.2 Å². The lowest BCUT2D eigenvalue weighted by molar-refractivity contribution is -0.108. The molecule has 2 N–H and O–H groups in total. The molecule has 1 aromatic heterocycles. The first-order valence-corrected chi connectivity index (χ1v) is 15.4. The Bertz CT molecular complexity index is 1250. The number of carbonyl (C=O) groups excluding carboxylic acids is 1. The van der Waals surface area contributed by atoms with E-state index in [1.807, 2.05) is 18.2 Å². The predicted molar refractivity (Wildman–Crippen MR) is 138 cm³/mol. The normalized spacial score (nSPS) is 33.7. The summed E-state index contributed by atoms with van der Waals surface area (Å²) in [4.78, 5) is 12.7. The Morgan fingerprint density at radius 3 is 2.41 bits per heavy atom. The Labute approximate surface area is 218 Å². The van der Waals surface area contributed by atoms with Gasteiger partial charge in [0.05, 0.1) is 4.75 Å². The fourth-order valence-electron chi connectivity index (χ4n) is 7.84. The molecule has 1 aliphatic heterocycles. The van der Waals surface area contributed by atoms with Crippen LogP contribution in [0.5, 0.6) is 0 Å². The van der Waals surface area contributed by atoms with E-state index in [2.05, 4.69) is 27.9 Å². The number of piperidine rings is 1. The first-order chi connectivity index (χ1) is 17.9. The number of carbonyl (C=O) groups is 1. The number of sulfonamides is 1. The molecule has 1 amide bonds. The van der Waals surface area contributed by atoms with E-state index in [4.69, 9.17) is 4.52 Å². The van der Waals surface area contributed by atoms with Gasteiger partial charge in [-0.1, -0.05) is 35.5 Å². The van der Waals surface area contributed by atoms with Gasteiger partial charge in [0.1, 0.15) is 5.76 Å². The maximum absolute atomic E-state index is 13.8. The molecular weight excluding hydrogens is 488 g/mol. The summed E-state index contributed by atoms with van der Waals surface area (Å²) in [6.45, 7) is 2.04. The van der Waals surface area contributed by atoms with Gasteiger partial charge in [-0.05, 0) is 74.7 Å². The van der Waals surface area contributed by atoms with Gasteiger partial charge in [0, 0.05) is 43.7 Å². The van der Waals surface area contributed by atoms with Gasteiger partial charge in [-0.2, -0.15) is 0 Å². The Morgan fingerprint density at radius 1 is 1.03 bits per heavy atom. The van der Waals surface area contributed by atoms with E-state index in [1.165, 1.54) is 5.56 Å². The molecule has 4 saturated carbocycles. The second kappa shape index (κ2) is 8.92. The molecule has 37 heavy (non-hydrogen) atoms. The molecular formula is C28H36N4O4S. The molecule has 198 valence electrons. The minimum atomic E-state index is -3.31. The van der Waals surface area contributed by atoms with Gasteiger partial charge < -0.3 is 15.2 Å². The van der Waals surface area contributed by atoms with Crippen molar-refractivity contribution < 1.29 is 17.7 Å². The molecule has 0 spiro atoms. The summed E-state index contributed by atoms with van der Waals surface area (Å²) in [5.41, 5.74) is 1.62. The largest absolute Gasteiger partial charge is 0.360 e. The summed E-state index contributed by atoms with van der Waals surface area (Å²) in [6.07, 6.45) is 7.15. The molecule has 4 aliphatic carbocycles. The fourth-order valence-corrected chi connectivity index (χ4v) is 10.6. The molecule has 5 atom stereocenters. The summed E-state index contributed by atoms with van der Waals surface area (Å²) in [5, 5.41) is 10.7. The zero-order valence-electron chi connectivity index (χ0n) is 21.1. The lowest BCUT2D eigenvalue weighted by Gasteiger charge is -2.70. The third-order valence-electron chi connectivity index (χ3n) is 9.83. The van der Waals surface area contributed by atoms with E-state index >= 15 is 0 Å². The lowest BCUT2D eigenvalue weighted by atomic mass is 9.42. The molecule has 5 aliphatic rings. The standard InChI is InChI=1S/C28H36N4O4S/c33-27(24-14-25(36-31-24)19-6-7-19)30-23-12-20-15-28(16-21(13-23)26(20)28)37(34,35)32-10-8-22(9-11-32)29-17-18-4-2-1-3-5-18/h1-5,14,19-23,26,29H,6-13,15-17H2,(H,30,33)/t20-,21+,23?,26?,28?. The maximum atomic E-state index is 13.8. The van der Waals surface area contributed by atoms with Crippen molar-refractivity contribution in [3.63, 3.8) is 0 Å². The smallest absolute Gasteiger partial charge is 0.273 e. The van der Waals surface area contributed by atoms with Crippen molar-refractivity contribution in [2.24, 2.45) is 17.8 Å². The summed E-state index contributed by atoms with van der Waals surface area (Å²) in [6, 6.07) is 12.6. The van der Waals surface area contributed by atoms with Crippen molar-refractivity contribution >= 4 is 15.9 Å². The summed E-state index contributed by atoms with van der Waals surface area (Å²) in [7, 11) is -3.31. The number of hydrogen-bond donors (Lipinski definition) is 2. The zero-order valence-corrected chi connectivity index (χ0v) is 22.0. The molecule has 3 unspecified atom stereocenters. The van der Waals surface area contributed by atoms with Crippen LogP contribution in [-0.4, -0.2) is 53.7 Å². The van der Waals surface area contributed by atoms with Crippen LogP contribution in [0.15, 0.2) is 40.9 Å². The van der Waals surface area contributed by atoms with E-state index < -0.39 is 14.8 Å². The number of nitrogens with one attached hydrogen (secondary N) is 2. The van der Waals surface area contributed by atoms with Crippen LogP contribution in [0.25, 0.3) is 0 Å². The zero-order chi connectivity index (χ0) is 25.2. The van der Waals surface area contributed by atoms with Gasteiger partial charge in [0.15, 0.2) is 5.69 Å². The lowest BCUT2D eigenvalue weighted by Crippen LogP contribution is -2.75. The average molecular weight is 525 g/mol. The minimum Gasteiger partial charge on any atom is -0.360 e. The second-order valence-corrected chi connectivity index (χ2v) is 14.4. The quantitative estimate of drug-likeness (QED) is 0.548. The van der Waals surface area contributed by atoms with Crippen molar-refractivity contribution in [3.05, 3.63) is 53.4 Å². The van der Waals surface area contributed by atoms with Crippen LogP contribution in [0.1, 0.15) is 79.1 Å². The molecule has 2 heterocycles. The molecule has 8 nitrogen and oxygen atoms in total. The van der Waals surface area contributed by atoms with Crippen molar-refractivity contribution in [1.82, 2.24) is 20.1 Å². The van der Waals surface area contributed by atoms with Gasteiger partial charge in [0.25, 0.3) is 5.91 Å². The maximum Gasteiger partial charge on any atom is 0.273 e. The fraction of sp³-hybridized carbons (Fsp3) is 0.643. The highest BCUT2D eigenvalue weighted by atomic mass is 32.2. The first kappa shape index (κ1) is 23.9. The van der Waals surface area contributed by atoms with Gasteiger partial charge >= 0.3 is 0 Å². The van der Waals surface area contributed by atoms with Crippen LogP contribution in [0, 0.1) is 17.8 Å². The molecule has 1 saturated heterocycles. The highest BCUT2D eigenvalue weighted by Gasteiger charge is 2.73. The Balaban J connectivity index is 0.921. The average Bonchev–Trinajstić information content (AvgIpc) is 3.61. The van der Waals surface area contributed by atoms with E-state index in [-0.39, 0.29) is 17.9 Å². The Hall–Kier alpha value is -2.23. The van der Waals surface area contributed by atoms with E-state index in [0.717, 1.165) is 63.7 Å². The number of rotatable bonds is 8. The van der Waals surface area contributed by atoms with Gasteiger partial charge in [-0.25, -0.2) is 12.7 Å². The molecule has 9 heteroatoms. The van der Waals surface area contributed by atoms with Gasteiger partial charge in [-0.3, -0.25) is 4.79 Å². The second-order valence-electron chi connectivity index (χ2n) is 12.1. The molecule has 5 fully saturated rings. The molecule has 1 aromatic carbocycles. The number of nitrogens with zero attached hydrogens (tertiary/aromatic N) is 2. The highest BCUT2D eigenvalue weighted by molar-refractivity contribution is 7.90. The SMILES string of the molecule is O=C(NC1C[C@@H]2CC3(S(=O)(=O)N4CCC(NCc5ccccc5)CC4)C[C@H](C1)C23)c1cc(C2CC2)on1. The highest BCUT2D eigenvalue weighted by Crippen LogP contribution is 2.69. The third-order valence-corrected chi connectivity index (χ3v) is 12.5. The summed E-state index contributed by atoms with van der Waals surface area (Å²) in [5.74, 6) is 2.11. The number of hydrogen-bond acceptors (Lipinski definition) is 6. The van der Waals surface area contributed by atoms with Crippen molar-refractivity contribution in [1.29, 1.82) is 0 Å². The van der Waals surface area contributed by atoms with Gasteiger partial charge in [-0.15, -0.1) is 0 Å². The van der Waals surface area contributed by atoms with Crippen LogP contribution < -0.4 is 10.6 Å². The van der Waals surface area contributed by atoms with Crippen LogP contribution in [-0.2, 0) is 16.6 Å². The van der Waals surface area contributed by atoms with Crippen molar-refractivity contribution in [2.45, 2.75) is 80.7 Å². The topological polar surface area (TPSA) is 105 Å². The third kappa shape index (κ3) is 4.05. The van der Waals surface area contributed by atoms with E-state index in [1.54, 1.807) is 10.4 Å². The summed E-state index contributed by atoms with van der Waals surface area (Å²) < 4.78 is 34.2. The minimum absolute atomic E-state index is 0.0901. The van der Waals surface area contributed by atoms with Crippen LogP contribution >= 0.6 is 0 Å². The van der Waals surface area contributed by atoms with E-state index in [0.29, 0.717) is 42.6 Å².